The molecule has 0 aliphatic carbocycles. The predicted molar refractivity (Wildman–Crippen MR) is 56.8 cm³/mol. The van der Waals surface area contributed by atoms with Gasteiger partial charge in [-0.25, -0.2) is 9.69 Å². The maximum atomic E-state index is 13.0. The Kier molecular flexibility index (Phi) is 2.81. The van der Waals surface area contributed by atoms with Gasteiger partial charge in [-0.15, -0.1) is 0 Å². The van der Waals surface area contributed by atoms with Crippen LogP contribution in [-0.4, -0.2) is 44.5 Å². The second-order valence-corrected chi connectivity index (χ2v) is 4.24. The van der Waals surface area contributed by atoms with E-state index in [2.05, 4.69) is 4.98 Å². The van der Waals surface area contributed by atoms with E-state index < -0.39 is 29.5 Å². The van der Waals surface area contributed by atoms with Crippen molar-refractivity contribution >= 4 is 17.8 Å². The third kappa shape index (κ3) is 1.59. The molecular weight excluding hydrogens is 281 g/mol. The fourth-order valence-electron chi connectivity index (χ4n) is 1.83. The lowest BCUT2D eigenvalue weighted by atomic mass is 9.99. The number of alkyl halides is 3. The van der Waals surface area contributed by atoms with Crippen molar-refractivity contribution in [3.05, 3.63) is 29.6 Å². The number of aromatic nitrogens is 1. The molecule has 1 aliphatic rings. The van der Waals surface area contributed by atoms with Crippen LogP contribution in [0.1, 0.15) is 27.6 Å². The summed E-state index contributed by atoms with van der Waals surface area (Å²) in [4.78, 5) is 38.1. The largest absolute Gasteiger partial charge is 0.479 e. The van der Waals surface area contributed by atoms with Gasteiger partial charge in [0.2, 0.25) is 5.54 Å². The molecule has 0 aromatic carbocycles. The molecule has 0 fully saturated rings. The molecule has 1 aliphatic heterocycles. The SMILES string of the molecule is CC(C(=O)O)(N1C(=O)c2ccncc2C1=O)C(F)(F)F. The zero-order valence-corrected chi connectivity index (χ0v) is 9.93. The minimum absolute atomic E-state index is 0.268. The molecule has 2 heterocycles. The van der Waals surface area contributed by atoms with E-state index in [4.69, 9.17) is 5.11 Å². The molecule has 1 atom stereocenters. The Morgan fingerprint density at radius 3 is 2.25 bits per heavy atom. The summed E-state index contributed by atoms with van der Waals surface area (Å²) in [5.41, 5.74) is -4.30. The van der Waals surface area contributed by atoms with Crippen molar-refractivity contribution in [3.8, 4) is 0 Å². The van der Waals surface area contributed by atoms with Gasteiger partial charge in [-0.2, -0.15) is 13.2 Å². The van der Waals surface area contributed by atoms with Gasteiger partial charge < -0.3 is 5.11 Å². The highest BCUT2D eigenvalue weighted by atomic mass is 19.4. The van der Waals surface area contributed by atoms with Crippen molar-refractivity contribution in [1.82, 2.24) is 9.88 Å². The molecule has 1 aromatic rings. The fraction of sp³-hybridized carbons (Fsp3) is 0.273. The minimum Gasteiger partial charge on any atom is -0.479 e. The molecule has 0 bridgehead atoms. The standard InChI is InChI=1S/C11H7F3N2O4/c1-10(9(19)20,11(12,13)14)16-7(17)5-2-3-15-4-6(5)8(16)18/h2-4H,1H3,(H,19,20). The number of carboxylic acid groups (broad SMARTS) is 1. The summed E-state index contributed by atoms with van der Waals surface area (Å²) in [6.07, 6.45) is -3.27. The van der Waals surface area contributed by atoms with E-state index in [1.807, 2.05) is 0 Å². The molecular formula is C11H7F3N2O4. The Hall–Kier alpha value is -2.45. The van der Waals surface area contributed by atoms with Gasteiger partial charge in [0, 0.05) is 12.4 Å². The van der Waals surface area contributed by atoms with Crippen LogP contribution in [-0.2, 0) is 4.79 Å². The number of fused-ring (bicyclic) bond motifs is 1. The number of aliphatic carboxylic acids is 1. The maximum Gasteiger partial charge on any atom is 0.422 e. The lowest BCUT2D eigenvalue weighted by molar-refractivity contribution is -0.219. The molecule has 2 amide bonds. The summed E-state index contributed by atoms with van der Waals surface area (Å²) in [5.74, 6) is -4.98. The van der Waals surface area contributed by atoms with Gasteiger partial charge in [0.15, 0.2) is 0 Å². The van der Waals surface area contributed by atoms with E-state index in [1.165, 1.54) is 0 Å². The van der Waals surface area contributed by atoms with Gasteiger partial charge in [0.1, 0.15) is 0 Å². The first-order valence-electron chi connectivity index (χ1n) is 5.25. The average Bonchev–Trinajstić information content (AvgIpc) is 2.60. The summed E-state index contributed by atoms with van der Waals surface area (Å²) >= 11 is 0. The number of carbonyl (C=O) groups is 3. The number of hydrogen-bond donors (Lipinski definition) is 1. The van der Waals surface area contributed by atoms with E-state index in [1.54, 1.807) is 0 Å². The number of halogens is 3. The number of carbonyl (C=O) groups excluding carboxylic acids is 2. The minimum atomic E-state index is -5.32. The average molecular weight is 288 g/mol. The summed E-state index contributed by atoms with van der Waals surface area (Å²) in [7, 11) is 0. The zero-order chi connectivity index (χ0) is 15.3. The summed E-state index contributed by atoms with van der Waals surface area (Å²) in [5, 5.41) is 8.86. The quantitative estimate of drug-likeness (QED) is 0.823. The second-order valence-electron chi connectivity index (χ2n) is 4.24. The van der Waals surface area contributed by atoms with E-state index in [0.717, 1.165) is 18.5 Å². The first-order valence-corrected chi connectivity index (χ1v) is 5.25. The van der Waals surface area contributed by atoms with Crippen LogP contribution in [0.25, 0.3) is 0 Å². The fourth-order valence-corrected chi connectivity index (χ4v) is 1.83. The second kappa shape index (κ2) is 4.02. The lowest BCUT2D eigenvalue weighted by Gasteiger charge is -2.34. The van der Waals surface area contributed by atoms with Gasteiger partial charge in [0.25, 0.3) is 11.8 Å². The van der Waals surface area contributed by atoms with Crippen LogP contribution in [0.15, 0.2) is 18.5 Å². The Morgan fingerprint density at radius 2 is 1.80 bits per heavy atom. The molecule has 0 saturated heterocycles. The number of imide groups is 1. The molecule has 6 nitrogen and oxygen atoms in total. The third-order valence-electron chi connectivity index (χ3n) is 3.10. The van der Waals surface area contributed by atoms with E-state index in [9.17, 15) is 27.6 Å². The van der Waals surface area contributed by atoms with Crippen LogP contribution in [0, 0.1) is 0 Å². The Morgan fingerprint density at radius 1 is 1.25 bits per heavy atom. The van der Waals surface area contributed by atoms with Crippen molar-refractivity contribution in [2.45, 2.75) is 18.6 Å². The topological polar surface area (TPSA) is 87.6 Å². The van der Waals surface area contributed by atoms with Gasteiger partial charge in [-0.3, -0.25) is 14.6 Å². The summed E-state index contributed by atoms with van der Waals surface area (Å²) in [6, 6.07) is 1.06. The molecule has 9 heteroatoms. The number of carboxylic acids is 1. The Labute approximate surface area is 109 Å². The van der Waals surface area contributed by atoms with Crippen molar-refractivity contribution in [2.75, 3.05) is 0 Å². The number of hydrogen-bond acceptors (Lipinski definition) is 4. The van der Waals surface area contributed by atoms with Crippen LogP contribution >= 0.6 is 0 Å². The molecule has 106 valence electrons. The molecule has 0 radical (unpaired) electrons. The highest BCUT2D eigenvalue weighted by molar-refractivity contribution is 6.23. The summed E-state index contributed by atoms with van der Waals surface area (Å²) in [6.45, 7) is 0.268. The van der Waals surface area contributed by atoms with Crippen LogP contribution in [0.3, 0.4) is 0 Å². The van der Waals surface area contributed by atoms with E-state index >= 15 is 0 Å². The molecule has 0 spiro atoms. The van der Waals surface area contributed by atoms with Gasteiger partial charge in [-0.1, -0.05) is 0 Å². The molecule has 1 unspecified atom stereocenters. The van der Waals surface area contributed by atoms with E-state index in [-0.39, 0.29) is 23.0 Å². The Balaban J connectivity index is 2.63. The summed E-state index contributed by atoms with van der Waals surface area (Å²) < 4.78 is 39.1. The smallest absolute Gasteiger partial charge is 0.422 e. The molecule has 0 saturated carbocycles. The number of amides is 2. The monoisotopic (exact) mass is 288 g/mol. The van der Waals surface area contributed by atoms with Crippen molar-refractivity contribution < 1.29 is 32.7 Å². The predicted octanol–water partition coefficient (Wildman–Crippen LogP) is 1.08. The zero-order valence-electron chi connectivity index (χ0n) is 9.93. The highest BCUT2D eigenvalue weighted by Crippen LogP contribution is 2.40. The van der Waals surface area contributed by atoms with Gasteiger partial charge in [0.05, 0.1) is 11.1 Å². The lowest BCUT2D eigenvalue weighted by Crippen LogP contribution is -2.63. The first-order chi connectivity index (χ1) is 9.12. The Bertz CT molecular complexity index is 593. The van der Waals surface area contributed by atoms with E-state index in [0.29, 0.717) is 0 Å². The van der Waals surface area contributed by atoms with Crippen molar-refractivity contribution in [1.29, 1.82) is 0 Å². The number of rotatable bonds is 2. The number of pyridine rings is 1. The van der Waals surface area contributed by atoms with Crippen molar-refractivity contribution in [2.24, 2.45) is 0 Å². The molecule has 1 N–H and O–H groups in total. The molecule has 1 aromatic heterocycles. The van der Waals surface area contributed by atoms with Crippen LogP contribution in [0.4, 0.5) is 13.2 Å². The van der Waals surface area contributed by atoms with Crippen LogP contribution < -0.4 is 0 Å². The highest BCUT2D eigenvalue weighted by Gasteiger charge is 2.66. The van der Waals surface area contributed by atoms with Gasteiger partial charge >= 0.3 is 12.1 Å². The normalized spacial score (nSPS) is 17.9. The third-order valence-corrected chi connectivity index (χ3v) is 3.10. The van der Waals surface area contributed by atoms with Crippen molar-refractivity contribution in [3.63, 3.8) is 0 Å². The maximum absolute atomic E-state index is 13.0. The van der Waals surface area contributed by atoms with Gasteiger partial charge in [-0.05, 0) is 13.0 Å². The number of nitrogens with zero attached hydrogens (tertiary/aromatic N) is 2. The first kappa shape index (κ1) is 14.0. The van der Waals surface area contributed by atoms with Crippen LogP contribution in [0.2, 0.25) is 0 Å². The molecule has 2 rings (SSSR count). The van der Waals surface area contributed by atoms with Crippen LogP contribution in [0.5, 0.6) is 0 Å². The molecule has 20 heavy (non-hydrogen) atoms.